The molecule has 1 aromatic carbocycles. The number of hydrogen-bond donors (Lipinski definition) is 2. The first-order valence-corrected chi connectivity index (χ1v) is 11.9. The van der Waals surface area contributed by atoms with E-state index in [1.165, 1.54) is 15.3 Å². The smallest absolute Gasteiger partial charge is 0.252 e. The van der Waals surface area contributed by atoms with Crippen LogP contribution in [0.3, 0.4) is 0 Å². The van der Waals surface area contributed by atoms with Gasteiger partial charge in [-0.3, -0.25) is 13.8 Å². The van der Waals surface area contributed by atoms with E-state index in [0.29, 0.717) is 23.4 Å². The van der Waals surface area contributed by atoms with E-state index < -0.39 is 5.60 Å². The van der Waals surface area contributed by atoms with Crippen LogP contribution in [0.15, 0.2) is 36.1 Å². The summed E-state index contributed by atoms with van der Waals surface area (Å²) in [7, 11) is 0. The number of nitrogens with one attached hydrogen (secondary N) is 1. The van der Waals surface area contributed by atoms with Crippen molar-refractivity contribution in [2.75, 3.05) is 0 Å². The van der Waals surface area contributed by atoms with Gasteiger partial charge in [0.25, 0.3) is 5.91 Å². The van der Waals surface area contributed by atoms with Crippen molar-refractivity contribution in [3.05, 3.63) is 41.7 Å². The van der Waals surface area contributed by atoms with Crippen LogP contribution < -0.4 is 5.32 Å². The van der Waals surface area contributed by atoms with Crippen LogP contribution in [0.25, 0.3) is 21.3 Å². The molecule has 1 amide bonds. The standard InChI is InChI=1S/C22H24FN3O2S2/c1-2-14-9-21(4-5-22(28,10-14)12-21)25-20(27)17-7-15(19-11-24-13-29-19)8-18-16(17)3-6-26(18)30-23/h3,6-8,11,13-14,28H,2,4-5,9-10,12H2,1H3,(H,25,27). The van der Waals surface area contributed by atoms with E-state index >= 15 is 0 Å². The van der Waals surface area contributed by atoms with E-state index in [4.69, 9.17) is 0 Å². The van der Waals surface area contributed by atoms with Crippen molar-refractivity contribution in [3.8, 4) is 10.4 Å². The molecule has 2 saturated carbocycles. The molecule has 0 radical (unpaired) electrons. The largest absolute Gasteiger partial charge is 0.390 e. The lowest BCUT2D eigenvalue weighted by atomic mass is 9.73. The third kappa shape index (κ3) is 3.35. The van der Waals surface area contributed by atoms with E-state index in [0.717, 1.165) is 47.9 Å². The Kier molecular flexibility index (Phi) is 4.91. The van der Waals surface area contributed by atoms with Crippen molar-refractivity contribution in [3.63, 3.8) is 0 Å². The molecule has 3 atom stereocenters. The van der Waals surface area contributed by atoms with Gasteiger partial charge in [-0.05, 0) is 61.8 Å². The highest BCUT2D eigenvalue weighted by atomic mass is 32.2. The fraction of sp³-hybridized carbons (Fsp3) is 0.455. The van der Waals surface area contributed by atoms with Crippen LogP contribution in [0.1, 0.15) is 55.8 Å². The van der Waals surface area contributed by atoms with E-state index in [1.807, 2.05) is 12.1 Å². The first kappa shape index (κ1) is 20.0. The maximum absolute atomic E-state index is 13.5. The van der Waals surface area contributed by atoms with E-state index in [-0.39, 0.29) is 23.8 Å². The Hall–Kier alpha value is -1.90. The Morgan fingerprint density at radius 1 is 1.43 bits per heavy atom. The van der Waals surface area contributed by atoms with Crippen LogP contribution in [0.4, 0.5) is 3.89 Å². The molecule has 30 heavy (non-hydrogen) atoms. The van der Waals surface area contributed by atoms with Crippen LogP contribution in [0, 0.1) is 5.92 Å². The number of aliphatic hydroxyl groups is 1. The Morgan fingerprint density at radius 2 is 2.30 bits per heavy atom. The zero-order valence-corrected chi connectivity index (χ0v) is 18.4. The predicted molar refractivity (Wildman–Crippen MR) is 119 cm³/mol. The highest BCUT2D eigenvalue weighted by molar-refractivity contribution is 7.92. The van der Waals surface area contributed by atoms with Crippen molar-refractivity contribution in [1.82, 2.24) is 14.3 Å². The molecule has 3 unspecified atom stereocenters. The van der Waals surface area contributed by atoms with Crippen molar-refractivity contribution < 1.29 is 13.8 Å². The molecule has 0 spiro atoms. The van der Waals surface area contributed by atoms with Crippen LogP contribution in [0.2, 0.25) is 0 Å². The number of fused-ring (bicyclic) bond motifs is 3. The summed E-state index contributed by atoms with van der Waals surface area (Å²) in [4.78, 5) is 18.6. The summed E-state index contributed by atoms with van der Waals surface area (Å²) >= 11 is 1.60. The van der Waals surface area contributed by atoms with Gasteiger partial charge in [-0.15, -0.1) is 15.2 Å². The molecule has 158 valence electrons. The van der Waals surface area contributed by atoms with Crippen molar-refractivity contribution in [2.45, 2.75) is 56.6 Å². The number of hydrogen-bond acceptors (Lipinski definition) is 5. The zero-order valence-electron chi connectivity index (χ0n) is 16.7. The second-order valence-electron chi connectivity index (χ2n) is 8.85. The molecule has 5 nitrogen and oxygen atoms in total. The van der Waals surface area contributed by atoms with E-state index in [2.05, 4.69) is 17.2 Å². The summed E-state index contributed by atoms with van der Waals surface area (Å²) in [5.41, 5.74) is 2.75. The average molecular weight is 446 g/mol. The molecule has 8 heteroatoms. The Morgan fingerprint density at radius 3 is 3.03 bits per heavy atom. The van der Waals surface area contributed by atoms with Gasteiger partial charge in [-0.25, -0.2) is 0 Å². The minimum Gasteiger partial charge on any atom is -0.390 e. The molecule has 5 rings (SSSR count). The first-order valence-electron chi connectivity index (χ1n) is 10.3. The lowest BCUT2D eigenvalue weighted by Crippen LogP contribution is -2.52. The van der Waals surface area contributed by atoms with Gasteiger partial charge in [0.2, 0.25) is 0 Å². The molecule has 2 fully saturated rings. The first-order chi connectivity index (χ1) is 14.4. The second kappa shape index (κ2) is 7.35. The van der Waals surface area contributed by atoms with E-state index in [9.17, 15) is 13.8 Å². The molecule has 2 aliphatic rings. The summed E-state index contributed by atoms with van der Waals surface area (Å²) < 4.78 is 14.9. The van der Waals surface area contributed by atoms with Gasteiger partial charge in [-0.2, -0.15) is 0 Å². The number of carbonyl (C=O) groups excluding carboxylic acids is 1. The summed E-state index contributed by atoms with van der Waals surface area (Å²) in [5.74, 6) is 0.257. The minimum absolute atomic E-state index is 0.120. The van der Waals surface area contributed by atoms with Crippen LogP contribution in [-0.2, 0) is 0 Å². The summed E-state index contributed by atoms with van der Waals surface area (Å²) in [5, 5.41) is 15.0. The number of thiazole rings is 1. The average Bonchev–Trinajstić information content (AvgIpc) is 3.45. The number of nitrogens with zero attached hydrogens (tertiary/aromatic N) is 2. The lowest BCUT2D eigenvalue weighted by molar-refractivity contribution is -0.0118. The number of aromatic nitrogens is 2. The highest BCUT2D eigenvalue weighted by Gasteiger charge is 2.53. The van der Waals surface area contributed by atoms with Crippen LogP contribution in [-0.4, -0.2) is 31.1 Å². The van der Waals surface area contributed by atoms with Gasteiger partial charge in [0, 0.05) is 28.9 Å². The molecule has 2 bridgehead atoms. The normalized spacial score (nSPS) is 28.2. The third-order valence-corrected chi connectivity index (χ3v) is 8.14. The summed E-state index contributed by atoms with van der Waals surface area (Å²) in [6, 6.07) is 5.55. The van der Waals surface area contributed by atoms with Gasteiger partial charge in [0.1, 0.15) is 0 Å². The molecule has 2 aromatic heterocycles. The van der Waals surface area contributed by atoms with Gasteiger partial charge >= 0.3 is 0 Å². The predicted octanol–water partition coefficient (Wildman–Crippen LogP) is 5.35. The number of carbonyl (C=O) groups is 1. The Balaban J connectivity index is 1.54. The Labute approximate surface area is 183 Å². The fourth-order valence-electron chi connectivity index (χ4n) is 5.51. The maximum atomic E-state index is 13.5. The van der Waals surface area contributed by atoms with Gasteiger partial charge in [0.05, 0.1) is 21.5 Å². The summed E-state index contributed by atoms with van der Waals surface area (Å²) in [6.45, 7) is 2.15. The monoisotopic (exact) mass is 445 g/mol. The van der Waals surface area contributed by atoms with Crippen molar-refractivity contribution in [2.24, 2.45) is 5.92 Å². The molecule has 2 N–H and O–H groups in total. The van der Waals surface area contributed by atoms with Crippen molar-refractivity contribution in [1.29, 1.82) is 0 Å². The molecule has 2 aliphatic carbocycles. The second-order valence-corrected chi connectivity index (χ2v) is 10.3. The number of benzene rings is 1. The topological polar surface area (TPSA) is 67.2 Å². The SMILES string of the molecule is CCC1CC2(O)CCC(NC(=O)c3cc(-c4cncs4)cc4c3ccn4SF)(C1)C2. The third-order valence-electron chi connectivity index (χ3n) is 6.85. The highest BCUT2D eigenvalue weighted by Crippen LogP contribution is 2.51. The quantitative estimate of drug-likeness (QED) is 0.556. The molecule has 0 aliphatic heterocycles. The maximum Gasteiger partial charge on any atom is 0.252 e. The zero-order chi connectivity index (χ0) is 20.9. The molecule has 3 aromatic rings. The Bertz CT molecular complexity index is 1100. The number of amides is 1. The summed E-state index contributed by atoms with van der Waals surface area (Å²) in [6.07, 6.45) is 8.26. The molecule has 0 saturated heterocycles. The minimum atomic E-state index is -0.666. The van der Waals surface area contributed by atoms with Gasteiger partial charge in [-0.1, -0.05) is 13.3 Å². The molecular formula is C22H24FN3O2S2. The molecular weight excluding hydrogens is 421 g/mol. The van der Waals surface area contributed by atoms with Gasteiger partial charge in [0.15, 0.2) is 12.3 Å². The fourth-order valence-corrected chi connectivity index (χ4v) is 6.45. The van der Waals surface area contributed by atoms with Crippen LogP contribution in [0.5, 0.6) is 0 Å². The van der Waals surface area contributed by atoms with Crippen molar-refractivity contribution >= 4 is 40.5 Å². The van der Waals surface area contributed by atoms with Crippen LogP contribution >= 0.6 is 23.7 Å². The van der Waals surface area contributed by atoms with Gasteiger partial charge < -0.3 is 10.4 Å². The van der Waals surface area contributed by atoms with E-state index in [1.54, 1.807) is 24.0 Å². The number of rotatable bonds is 5. The number of halogens is 1. The lowest BCUT2D eigenvalue weighted by Gasteiger charge is -2.41. The molecule has 2 heterocycles.